The summed E-state index contributed by atoms with van der Waals surface area (Å²) in [6, 6.07) is 5.46. The van der Waals surface area contributed by atoms with E-state index in [9.17, 15) is 23.3 Å². The molecule has 0 aromatic heterocycles. The highest BCUT2D eigenvalue weighted by Crippen LogP contribution is 2.21. The topological polar surface area (TPSA) is 97.6 Å². The molecule has 0 bridgehead atoms. The Hall–Kier alpha value is -1.80. The third-order valence-electron chi connectivity index (χ3n) is 3.50. The summed E-state index contributed by atoms with van der Waals surface area (Å²) in [6.07, 6.45) is 2.18. The summed E-state index contributed by atoms with van der Waals surface area (Å²) in [6.45, 7) is 0.637. The fourth-order valence-electron chi connectivity index (χ4n) is 2.35. The molecule has 1 atom stereocenters. The van der Waals surface area contributed by atoms with Crippen molar-refractivity contribution in [1.29, 1.82) is 0 Å². The maximum atomic E-state index is 12.3. The Balaban J connectivity index is 2.09. The van der Waals surface area contributed by atoms with Crippen molar-refractivity contribution in [1.82, 2.24) is 4.31 Å². The Morgan fingerprint density at radius 2 is 2.00 bits per heavy atom. The second-order valence-electron chi connectivity index (χ2n) is 5.08. The zero-order valence-corrected chi connectivity index (χ0v) is 12.2. The van der Waals surface area contributed by atoms with Crippen molar-refractivity contribution in [3.8, 4) is 0 Å². The summed E-state index contributed by atoms with van der Waals surface area (Å²) in [5.74, 6) is -0.457. The van der Waals surface area contributed by atoms with Gasteiger partial charge in [-0.15, -0.1) is 0 Å². The van der Waals surface area contributed by atoms with Crippen LogP contribution in [0.1, 0.15) is 18.4 Å². The van der Waals surface area contributed by atoms with Crippen molar-refractivity contribution in [2.75, 3.05) is 13.1 Å². The molecular weight excluding hydrogens is 296 g/mol. The number of nitro benzene ring substituents is 1. The SMILES string of the molecule is O=CC1CCCN(S(=O)(=O)Cc2ccc([N+](=O)[O-])cc2)C1. The number of hydrogen-bond donors (Lipinski definition) is 0. The smallest absolute Gasteiger partial charge is 0.269 e. The maximum Gasteiger partial charge on any atom is 0.269 e. The first-order chi connectivity index (χ1) is 9.92. The average Bonchev–Trinajstić information content (AvgIpc) is 2.47. The van der Waals surface area contributed by atoms with Gasteiger partial charge >= 0.3 is 0 Å². The predicted molar refractivity (Wildman–Crippen MR) is 76.1 cm³/mol. The van der Waals surface area contributed by atoms with Crippen molar-refractivity contribution in [3.63, 3.8) is 0 Å². The molecule has 1 heterocycles. The highest BCUT2D eigenvalue weighted by Gasteiger charge is 2.28. The predicted octanol–water partition coefficient (Wildman–Crippen LogP) is 1.34. The van der Waals surface area contributed by atoms with Crippen LogP contribution in [0, 0.1) is 16.0 Å². The van der Waals surface area contributed by atoms with Crippen molar-refractivity contribution < 1.29 is 18.1 Å². The van der Waals surface area contributed by atoms with Crippen LogP contribution in [0.4, 0.5) is 5.69 Å². The molecule has 2 rings (SSSR count). The summed E-state index contributed by atoms with van der Waals surface area (Å²) in [5.41, 5.74) is 0.420. The van der Waals surface area contributed by atoms with Gasteiger partial charge < -0.3 is 4.79 Å². The molecule has 1 fully saturated rings. The quantitative estimate of drug-likeness (QED) is 0.464. The van der Waals surface area contributed by atoms with E-state index in [0.717, 1.165) is 6.29 Å². The third-order valence-corrected chi connectivity index (χ3v) is 5.32. The molecule has 0 amide bonds. The Labute approximate surface area is 122 Å². The highest BCUT2D eigenvalue weighted by atomic mass is 32.2. The summed E-state index contributed by atoms with van der Waals surface area (Å²) >= 11 is 0. The second-order valence-corrected chi connectivity index (χ2v) is 7.05. The van der Waals surface area contributed by atoms with Gasteiger partial charge in [-0.2, -0.15) is 0 Å². The lowest BCUT2D eigenvalue weighted by Crippen LogP contribution is -2.40. The average molecular weight is 312 g/mol. The Morgan fingerprint density at radius 3 is 2.57 bits per heavy atom. The van der Waals surface area contributed by atoms with Gasteiger partial charge in [0.2, 0.25) is 10.0 Å². The molecule has 1 unspecified atom stereocenters. The second kappa shape index (κ2) is 6.31. The molecule has 1 aromatic rings. The van der Waals surface area contributed by atoms with E-state index < -0.39 is 14.9 Å². The van der Waals surface area contributed by atoms with Crippen LogP contribution in [0.3, 0.4) is 0 Å². The first-order valence-corrected chi connectivity index (χ1v) is 8.20. The largest absolute Gasteiger partial charge is 0.303 e. The van der Waals surface area contributed by atoms with Gasteiger partial charge in [-0.25, -0.2) is 12.7 Å². The Morgan fingerprint density at radius 1 is 1.33 bits per heavy atom. The maximum absolute atomic E-state index is 12.3. The van der Waals surface area contributed by atoms with E-state index in [2.05, 4.69) is 0 Å². The Bertz CT molecular complexity index is 626. The molecule has 0 N–H and O–H groups in total. The molecule has 7 nitrogen and oxygen atoms in total. The lowest BCUT2D eigenvalue weighted by Gasteiger charge is -2.29. The number of rotatable bonds is 5. The summed E-state index contributed by atoms with van der Waals surface area (Å²) in [7, 11) is -3.51. The van der Waals surface area contributed by atoms with Gasteiger partial charge in [0.1, 0.15) is 6.29 Å². The van der Waals surface area contributed by atoms with E-state index in [1.807, 2.05) is 0 Å². The molecule has 0 radical (unpaired) electrons. The number of aldehydes is 1. The minimum atomic E-state index is -3.51. The number of hydrogen-bond acceptors (Lipinski definition) is 5. The summed E-state index contributed by atoms with van der Waals surface area (Å²) < 4.78 is 26.0. The zero-order chi connectivity index (χ0) is 15.5. The molecule has 0 saturated carbocycles. The van der Waals surface area contributed by atoms with Crippen LogP contribution in [-0.4, -0.2) is 37.0 Å². The third kappa shape index (κ3) is 3.85. The van der Waals surface area contributed by atoms with Gasteiger partial charge in [-0.1, -0.05) is 12.1 Å². The van der Waals surface area contributed by atoms with Gasteiger partial charge in [0.25, 0.3) is 5.69 Å². The Kier molecular flexibility index (Phi) is 4.69. The molecule has 0 spiro atoms. The van der Waals surface area contributed by atoms with Crippen LogP contribution in [0.15, 0.2) is 24.3 Å². The number of sulfonamides is 1. The van der Waals surface area contributed by atoms with Gasteiger partial charge in [-0.05, 0) is 18.4 Å². The molecule has 8 heteroatoms. The van der Waals surface area contributed by atoms with Crippen LogP contribution in [0.2, 0.25) is 0 Å². The van der Waals surface area contributed by atoms with E-state index in [1.165, 1.54) is 28.6 Å². The fourth-order valence-corrected chi connectivity index (χ4v) is 3.98. The molecule has 1 aliphatic heterocycles. The van der Waals surface area contributed by atoms with E-state index in [0.29, 0.717) is 24.9 Å². The van der Waals surface area contributed by atoms with Gasteiger partial charge in [0.05, 0.1) is 10.7 Å². The lowest BCUT2D eigenvalue weighted by atomic mass is 10.0. The number of non-ortho nitro benzene ring substituents is 1. The zero-order valence-electron chi connectivity index (χ0n) is 11.3. The number of benzene rings is 1. The minimum Gasteiger partial charge on any atom is -0.303 e. The van der Waals surface area contributed by atoms with Crippen molar-refractivity contribution in [2.45, 2.75) is 18.6 Å². The lowest BCUT2D eigenvalue weighted by molar-refractivity contribution is -0.384. The highest BCUT2D eigenvalue weighted by molar-refractivity contribution is 7.88. The molecule has 0 aliphatic carbocycles. The van der Waals surface area contributed by atoms with Crippen LogP contribution in [0.5, 0.6) is 0 Å². The minimum absolute atomic E-state index is 0.0739. The molecule has 21 heavy (non-hydrogen) atoms. The summed E-state index contributed by atoms with van der Waals surface area (Å²) in [5, 5.41) is 10.6. The standard InChI is InChI=1S/C13H16N2O5S/c16-9-12-2-1-7-14(8-12)21(19,20)10-11-3-5-13(6-4-11)15(17)18/h3-6,9,12H,1-2,7-8,10H2. The van der Waals surface area contributed by atoms with Crippen LogP contribution in [-0.2, 0) is 20.6 Å². The number of piperidine rings is 1. The molecule has 114 valence electrons. The van der Waals surface area contributed by atoms with Gasteiger partial charge in [0, 0.05) is 31.1 Å². The number of nitro groups is 1. The van der Waals surface area contributed by atoms with E-state index >= 15 is 0 Å². The van der Waals surface area contributed by atoms with Crippen LogP contribution >= 0.6 is 0 Å². The van der Waals surface area contributed by atoms with Gasteiger partial charge in [-0.3, -0.25) is 10.1 Å². The van der Waals surface area contributed by atoms with E-state index in [-0.39, 0.29) is 23.9 Å². The molecule has 1 aliphatic rings. The van der Waals surface area contributed by atoms with Gasteiger partial charge in [0.15, 0.2) is 0 Å². The van der Waals surface area contributed by atoms with E-state index in [1.54, 1.807) is 0 Å². The first-order valence-electron chi connectivity index (χ1n) is 6.59. The van der Waals surface area contributed by atoms with Crippen LogP contribution < -0.4 is 0 Å². The molecular formula is C13H16N2O5S. The van der Waals surface area contributed by atoms with Crippen molar-refractivity contribution in [3.05, 3.63) is 39.9 Å². The molecule has 1 saturated heterocycles. The van der Waals surface area contributed by atoms with Crippen LogP contribution in [0.25, 0.3) is 0 Å². The number of carbonyl (C=O) groups excluding carboxylic acids is 1. The molecule has 1 aromatic carbocycles. The summed E-state index contributed by atoms with van der Waals surface area (Å²) in [4.78, 5) is 20.8. The normalized spacial score (nSPS) is 20.1. The number of carbonyl (C=O) groups is 1. The fraction of sp³-hybridized carbons (Fsp3) is 0.462. The first kappa shape index (κ1) is 15.6. The number of nitrogens with zero attached hydrogens (tertiary/aromatic N) is 2. The van der Waals surface area contributed by atoms with E-state index in [4.69, 9.17) is 0 Å². The monoisotopic (exact) mass is 312 g/mol. The van der Waals surface area contributed by atoms with Crippen molar-refractivity contribution in [2.24, 2.45) is 5.92 Å². The van der Waals surface area contributed by atoms with Crippen molar-refractivity contribution >= 4 is 22.0 Å².